The third-order valence-corrected chi connectivity index (χ3v) is 18.3. The number of allylic oxidation sites excluding steroid dienone is 8. The van der Waals surface area contributed by atoms with Crippen LogP contribution >= 0.6 is 0 Å². The molecule has 0 saturated heterocycles. The maximum Gasteiger partial charge on any atom is 2.00 e. The van der Waals surface area contributed by atoms with Crippen molar-refractivity contribution < 1.29 is 33.0 Å². The van der Waals surface area contributed by atoms with Gasteiger partial charge in [-0.3, -0.25) is 0 Å². The SMILES string of the molecule is CCC1=C(CC)c2cc3[n-]c(c(C#CC#Cc4c5nc(cc6[n-]c(cc7nc(cc8[n-]c4c(CC)c8CC)C(CC)=C7CC)c(CC)c6CC)C(CC)=C5CC)c4nc(cc5[n-]c(cc1n2)c(CC)c5CC)C(CC)=C4CC)c(CC)c3CC.[Ni+2].[Ni+2]. The van der Waals surface area contributed by atoms with Gasteiger partial charge in [0.25, 0.3) is 0 Å². The van der Waals surface area contributed by atoms with Crippen molar-refractivity contribution in [3.8, 4) is 23.7 Å². The van der Waals surface area contributed by atoms with E-state index >= 15 is 0 Å². The van der Waals surface area contributed by atoms with E-state index in [1.54, 1.807) is 0 Å². The van der Waals surface area contributed by atoms with Crippen LogP contribution in [0.5, 0.6) is 0 Å². The number of rotatable bonds is 16. The summed E-state index contributed by atoms with van der Waals surface area (Å²) in [4.78, 5) is 44.5. The first-order valence-electron chi connectivity index (χ1n) is 32.3. The first-order chi connectivity index (χ1) is 40.9. The standard InChI is InChI=1S/C76H86N8.2Ni/c1-17-43-47(21-5)65-39-69-51(25-9)55(29-13)73(81-69)59(74-56(30-14)52(26-10)70(82-74)40-66-48(22-6)44(18-2)62(78-66)37-61(43)77-65)35-33-34-36-60-75-57(31-15)53(27-11)71(83-75)41-67-49(23-7)45(19-3)63(79-67)38-64-46(20-4)50(24-8)68(80-64)42-72-54(28-12)58(32-16)76(60)84-72;;/h37-42H,17-32H2,1-16H3;;/q-4;2*+2. The van der Waals surface area contributed by atoms with Crippen LogP contribution in [-0.2, 0) is 84.3 Å². The van der Waals surface area contributed by atoms with Crippen molar-refractivity contribution in [2.75, 3.05) is 0 Å². The third kappa shape index (κ3) is 11.2. The van der Waals surface area contributed by atoms with Crippen molar-refractivity contribution >= 4 is 88.7 Å². The number of hydrogen-bond donors (Lipinski definition) is 0. The van der Waals surface area contributed by atoms with Crippen molar-refractivity contribution in [3.05, 3.63) is 138 Å². The molecular weight excluding hydrogens is 1140 g/mol. The molecule has 0 N–H and O–H groups in total. The van der Waals surface area contributed by atoms with Gasteiger partial charge in [0.15, 0.2) is 0 Å². The third-order valence-electron chi connectivity index (χ3n) is 18.3. The Morgan fingerprint density at radius 2 is 0.465 bits per heavy atom. The number of fused-ring (bicyclic) bond motifs is 16. The average Bonchev–Trinajstić information content (AvgIpc) is 3.87. The molecule has 16 bridgehead atoms. The Labute approximate surface area is 532 Å². The fraction of sp³-hybridized carbons (Fsp3) is 0.421. The Morgan fingerprint density at radius 3 is 0.698 bits per heavy atom. The molecule has 0 amide bonds. The van der Waals surface area contributed by atoms with Crippen LogP contribution in [0.2, 0.25) is 0 Å². The van der Waals surface area contributed by atoms with Crippen LogP contribution in [-0.4, -0.2) is 19.9 Å². The zero-order valence-electron chi connectivity index (χ0n) is 54.0. The Balaban J connectivity index is 0.00000480. The van der Waals surface area contributed by atoms with E-state index in [-0.39, 0.29) is 33.0 Å². The summed E-state index contributed by atoms with van der Waals surface area (Å²) in [5.74, 6) is 14.5. The Bertz CT molecular complexity index is 4010. The van der Waals surface area contributed by atoms with Crippen LogP contribution in [0.25, 0.3) is 88.7 Å². The molecule has 10 heteroatoms. The second-order valence-electron chi connectivity index (χ2n) is 22.3. The molecule has 4 aliphatic rings. The van der Waals surface area contributed by atoms with E-state index < -0.39 is 0 Å². The summed E-state index contributed by atoms with van der Waals surface area (Å²) in [6.45, 7) is 35.9. The van der Waals surface area contributed by atoms with Gasteiger partial charge in [0.05, 0.1) is 45.6 Å². The second-order valence-corrected chi connectivity index (χ2v) is 22.3. The molecule has 0 spiro atoms. The molecule has 0 unspecified atom stereocenters. The van der Waals surface area contributed by atoms with Gasteiger partial charge < -0.3 is 19.9 Å². The maximum absolute atomic E-state index is 5.67. The van der Waals surface area contributed by atoms with Crippen molar-refractivity contribution in [3.63, 3.8) is 0 Å². The number of nitrogens with zero attached hydrogens (tertiary/aromatic N) is 8. The van der Waals surface area contributed by atoms with E-state index in [0.29, 0.717) is 0 Å². The molecule has 10 rings (SSSR count). The van der Waals surface area contributed by atoms with Gasteiger partial charge in [-0.1, -0.05) is 204 Å². The van der Waals surface area contributed by atoms with Gasteiger partial charge in [-0.05, 0) is 159 Å². The zero-order valence-corrected chi connectivity index (χ0v) is 56.0. The molecule has 86 heavy (non-hydrogen) atoms. The van der Waals surface area contributed by atoms with E-state index in [2.05, 4.69) is 171 Å². The maximum atomic E-state index is 5.67. The Hall–Kier alpha value is -6.69. The van der Waals surface area contributed by atoms with Crippen LogP contribution in [0.15, 0.2) is 36.4 Å². The second kappa shape index (κ2) is 28.0. The topological polar surface area (TPSA) is 108 Å². The van der Waals surface area contributed by atoms with Crippen LogP contribution < -0.4 is 19.9 Å². The molecule has 6 aromatic heterocycles. The monoisotopic (exact) mass is 1230 g/mol. The minimum absolute atomic E-state index is 0. The molecule has 0 aliphatic carbocycles. The summed E-state index contributed by atoms with van der Waals surface area (Å²) in [5, 5.41) is 0. The Morgan fingerprint density at radius 1 is 0.256 bits per heavy atom. The molecule has 0 radical (unpaired) electrons. The van der Waals surface area contributed by atoms with Crippen molar-refractivity contribution in [2.24, 2.45) is 0 Å². The van der Waals surface area contributed by atoms with E-state index in [4.69, 9.17) is 39.9 Å². The minimum atomic E-state index is 0. The molecular formula is C76H86N8Ni2. The van der Waals surface area contributed by atoms with Crippen molar-refractivity contribution in [1.82, 2.24) is 39.9 Å². The van der Waals surface area contributed by atoms with Gasteiger partial charge in [-0.15, -0.1) is 44.1 Å². The van der Waals surface area contributed by atoms with Crippen LogP contribution in [0.3, 0.4) is 0 Å². The fourth-order valence-corrected chi connectivity index (χ4v) is 14.5. The average molecular weight is 1230 g/mol. The van der Waals surface area contributed by atoms with Crippen LogP contribution in [0, 0.1) is 23.7 Å². The van der Waals surface area contributed by atoms with Gasteiger partial charge in [0.2, 0.25) is 0 Å². The Kier molecular flexibility index (Phi) is 21.2. The molecule has 10 heterocycles. The molecule has 8 nitrogen and oxygen atoms in total. The number of aromatic nitrogens is 8. The quantitative estimate of drug-likeness (QED) is 0.0697. The van der Waals surface area contributed by atoms with E-state index in [0.717, 1.165) is 204 Å². The molecule has 0 atom stereocenters. The van der Waals surface area contributed by atoms with Gasteiger partial charge in [-0.25, -0.2) is 19.9 Å². The smallest absolute Gasteiger partial charge is 0.657 e. The molecule has 0 fully saturated rings. The van der Waals surface area contributed by atoms with Gasteiger partial charge in [0, 0.05) is 11.1 Å². The van der Waals surface area contributed by atoms with E-state index in [9.17, 15) is 0 Å². The minimum Gasteiger partial charge on any atom is -0.657 e. The molecule has 450 valence electrons. The summed E-state index contributed by atoms with van der Waals surface area (Å²) in [6, 6.07) is 13.5. The largest absolute Gasteiger partial charge is 2.00 e. The first-order valence-corrected chi connectivity index (χ1v) is 32.3. The van der Waals surface area contributed by atoms with Crippen molar-refractivity contribution in [1.29, 1.82) is 0 Å². The molecule has 4 aliphatic heterocycles. The number of aryl methyl sites for hydroxylation is 8. The summed E-state index contributed by atoms with van der Waals surface area (Å²) in [5.41, 5.74) is 36.8. The molecule has 6 aromatic rings. The van der Waals surface area contributed by atoms with E-state index in [1.165, 1.54) is 89.1 Å². The molecule has 0 saturated carbocycles. The van der Waals surface area contributed by atoms with Gasteiger partial charge in [0.1, 0.15) is 0 Å². The summed E-state index contributed by atoms with van der Waals surface area (Å²) >= 11 is 0. The number of hydrogen-bond acceptors (Lipinski definition) is 4. The summed E-state index contributed by atoms with van der Waals surface area (Å²) < 4.78 is 0. The summed E-state index contributed by atoms with van der Waals surface area (Å²) in [6.07, 6.45) is 13.4. The first kappa shape index (κ1) is 65.3. The van der Waals surface area contributed by atoms with Gasteiger partial charge >= 0.3 is 33.0 Å². The van der Waals surface area contributed by atoms with Crippen LogP contribution in [0.1, 0.15) is 263 Å². The normalized spacial score (nSPS) is 13.1. The van der Waals surface area contributed by atoms with Crippen LogP contribution in [0.4, 0.5) is 0 Å². The van der Waals surface area contributed by atoms with E-state index in [1.807, 2.05) is 0 Å². The van der Waals surface area contributed by atoms with Gasteiger partial charge in [-0.2, -0.15) is 0 Å². The predicted octanol–water partition coefficient (Wildman–Crippen LogP) is 18.3. The predicted molar refractivity (Wildman–Crippen MR) is 356 cm³/mol. The fourth-order valence-electron chi connectivity index (χ4n) is 14.5. The summed E-state index contributed by atoms with van der Waals surface area (Å²) in [7, 11) is 0. The zero-order chi connectivity index (χ0) is 59.7. The molecule has 0 aromatic carbocycles. The van der Waals surface area contributed by atoms with Crippen molar-refractivity contribution in [2.45, 2.75) is 214 Å².